The van der Waals surface area contributed by atoms with Crippen LogP contribution >= 0.6 is 0 Å². The summed E-state index contributed by atoms with van der Waals surface area (Å²) in [6.07, 6.45) is -6.19. The molecule has 1 aromatic carbocycles. The van der Waals surface area contributed by atoms with Crippen molar-refractivity contribution >= 4 is 12.0 Å². The van der Waals surface area contributed by atoms with Crippen LogP contribution in [0.4, 0.5) is 18.0 Å². The van der Waals surface area contributed by atoms with Gasteiger partial charge in [0.2, 0.25) is 5.91 Å². The van der Waals surface area contributed by atoms with E-state index in [0.29, 0.717) is 0 Å². The van der Waals surface area contributed by atoms with Crippen molar-refractivity contribution in [2.45, 2.75) is 32.0 Å². The van der Waals surface area contributed by atoms with Gasteiger partial charge in [0.25, 0.3) is 0 Å². The molecule has 1 saturated heterocycles. The Morgan fingerprint density at radius 2 is 2.09 bits per heavy atom. The minimum absolute atomic E-state index is 0.158. The van der Waals surface area contributed by atoms with E-state index >= 15 is 0 Å². The Kier molecular flexibility index (Phi) is 4.43. The number of nitrogens with one attached hydrogen (secondary N) is 2. The highest BCUT2D eigenvalue weighted by molar-refractivity contribution is 5.88. The molecule has 1 aromatic rings. The van der Waals surface area contributed by atoms with E-state index in [0.717, 1.165) is 6.07 Å². The smallest absolute Gasteiger partial charge is 0.444 e. The molecule has 2 N–H and O–H groups in total. The molecule has 2 amide bonds. The lowest BCUT2D eigenvalue weighted by Crippen LogP contribution is -2.45. The first-order valence-electron chi connectivity index (χ1n) is 6.35. The zero-order valence-corrected chi connectivity index (χ0v) is 11.4. The molecular weight excluding hydrogens is 305 g/mol. The molecule has 0 bridgehead atoms. The number of alkyl carbamates (subject to hydrolysis) is 1. The SMILES string of the molecule is C[C@@H]1OC(=O)N[C@@H]1C(=O)NCc1ccccc1OC(F)(F)F. The summed E-state index contributed by atoms with van der Waals surface area (Å²) in [6.45, 7) is 1.35. The summed E-state index contributed by atoms with van der Waals surface area (Å²) in [5, 5.41) is 4.75. The molecule has 6 nitrogen and oxygen atoms in total. The number of amides is 2. The van der Waals surface area contributed by atoms with E-state index in [-0.39, 0.29) is 12.1 Å². The van der Waals surface area contributed by atoms with Crippen molar-refractivity contribution in [1.29, 1.82) is 0 Å². The van der Waals surface area contributed by atoms with E-state index < -0.39 is 36.3 Å². The first-order chi connectivity index (χ1) is 10.3. The number of carbonyl (C=O) groups is 2. The second-order valence-electron chi connectivity index (χ2n) is 4.61. The topological polar surface area (TPSA) is 76.7 Å². The molecular formula is C13H13F3N2O4. The third-order valence-electron chi connectivity index (χ3n) is 2.97. The van der Waals surface area contributed by atoms with Gasteiger partial charge >= 0.3 is 12.5 Å². The van der Waals surface area contributed by atoms with Crippen LogP contribution in [0, 0.1) is 0 Å². The van der Waals surface area contributed by atoms with Gasteiger partial charge in [-0.2, -0.15) is 0 Å². The molecule has 1 fully saturated rings. The second kappa shape index (κ2) is 6.12. The first-order valence-corrected chi connectivity index (χ1v) is 6.35. The van der Waals surface area contributed by atoms with Gasteiger partial charge in [0.05, 0.1) is 0 Å². The lowest BCUT2D eigenvalue weighted by molar-refractivity contribution is -0.274. The van der Waals surface area contributed by atoms with Gasteiger partial charge in [-0.1, -0.05) is 18.2 Å². The van der Waals surface area contributed by atoms with Crippen molar-refractivity contribution in [1.82, 2.24) is 10.6 Å². The van der Waals surface area contributed by atoms with Gasteiger partial charge in [-0.05, 0) is 13.0 Å². The molecule has 2 rings (SSSR count). The van der Waals surface area contributed by atoms with Crippen molar-refractivity contribution < 1.29 is 32.2 Å². The Labute approximate surface area is 123 Å². The molecule has 0 aliphatic carbocycles. The Morgan fingerprint density at radius 1 is 1.41 bits per heavy atom. The second-order valence-corrected chi connectivity index (χ2v) is 4.61. The molecule has 22 heavy (non-hydrogen) atoms. The fourth-order valence-electron chi connectivity index (χ4n) is 1.96. The summed E-state index contributed by atoms with van der Waals surface area (Å²) in [4.78, 5) is 22.9. The molecule has 1 aliphatic heterocycles. The number of benzene rings is 1. The normalized spacial score (nSPS) is 21.0. The Balaban J connectivity index is 2.00. The molecule has 120 valence electrons. The van der Waals surface area contributed by atoms with Crippen LogP contribution in [0.15, 0.2) is 24.3 Å². The maximum absolute atomic E-state index is 12.3. The summed E-state index contributed by atoms with van der Waals surface area (Å²) in [7, 11) is 0. The molecule has 9 heteroatoms. The van der Waals surface area contributed by atoms with E-state index in [2.05, 4.69) is 15.4 Å². The van der Waals surface area contributed by atoms with Gasteiger partial charge in [0.15, 0.2) is 0 Å². The molecule has 0 saturated carbocycles. The highest BCUT2D eigenvalue weighted by atomic mass is 19.4. The van der Waals surface area contributed by atoms with Crippen molar-refractivity contribution in [2.75, 3.05) is 0 Å². The predicted molar refractivity (Wildman–Crippen MR) is 67.8 cm³/mol. The summed E-state index contributed by atoms with van der Waals surface area (Å²) in [5.74, 6) is -0.949. The lowest BCUT2D eigenvalue weighted by atomic mass is 10.1. The van der Waals surface area contributed by atoms with Crippen LogP contribution in [0.2, 0.25) is 0 Å². The highest BCUT2D eigenvalue weighted by Gasteiger charge is 2.36. The van der Waals surface area contributed by atoms with Crippen LogP contribution in [0.3, 0.4) is 0 Å². The molecule has 0 radical (unpaired) electrons. The van der Waals surface area contributed by atoms with Gasteiger partial charge in [0, 0.05) is 12.1 Å². The summed E-state index contributed by atoms with van der Waals surface area (Å²) >= 11 is 0. The third-order valence-corrected chi connectivity index (χ3v) is 2.97. The van der Waals surface area contributed by atoms with E-state index in [1.807, 2.05) is 0 Å². The quantitative estimate of drug-likeness (QED) is 0.886. The molecule has 1 aliphatic rings. The number of carbonyl (C=O) groups excluding carboxylic acids is 2. The Morgan fingerprint density at radius 3 is 2.68 bits per heavy atom. The molecule has 0 unspecified atom stereocenters. The van der Waals surface area contributed by atoms with Crippen LogP contribution in [0.25, 0.3) is 0 Å². The summed E-state index contributed by atoms with van der Waals surface area (Å²) in [6, 6.07) is 4.57. The Hall–Kier alpha value is -2.45. The van der Waals surface area contributed by atoms with Gasteiger partial charge in [-0.25, -0.2) is 4.79 Å². The largest absolute Gasteiger partial charge is 0.573 e. The number of hydrogen-bond acceptors (Lipinski definition) is 4. The number of ether oxygens (including phenoxy) is 2. The average molecular weight is 318 g/mol. The number of para-hydroxylation sites is 1. The van der Waals surface area contributed by atoms with Crippen LogP contribution in [-0.2, 0) is 16.1 Å². The van der Waals surface area contributed by atoms with Crippen LogP contribution in [-0.4, -0.2) is 30.5 Å². The van der Waals surface area contributed by atoms with E-state index in [9.17, 15) is 22.8 Å². The van der Waals surface area contributed by atoms with Crippen LogP contribution < -0.4 is 15.4 Å². The number of alkyl halides is 3. The average Bonchev–Trinajstić information content (AvgIpc) is 2.75. The molecule has 2 atom stereocenters. The maximum Gasteiger partial charge on any atom is 0.573 e. The van der Waals surface area contributed by atoms with Gasteiger partial charge < -0.3 is 20.1 Å². The third kappa shape index (κ3) is 4.03. The molecule has 0 spiro atoms. The summed E-state index contributed by atoms with van der Waals surface area (Å²) in [5.41, 5.74) is 0.158. The predicted octanol–water partition coefficient (Wildman–Crippen LogP) is 1.70. The monoisotopic (exact) mass is 318 g/mol. The minimum Gasteiger partial charge on any atom is -0.444 e. The Bertz CT molecular complexity index is 577. The van der Waals surface area contributed by atoms with Crippen molar-refractivity contribution in [3.05, 3.63) is 29.8 Å². The standard InChI is InChI=1S/C13H13F3N2O4/c1-7-10(18-12(20)21-7)11(19)17-6-8-4-2-3-5-9(8)22-13(14,15)16/h2-5,7,10H,6H2,1H3,(H,17,19)(H,18,20)/t7-,10-/m0/s1. The lowest BCUT2D eigenvalue weighted by Gasteiger charge is -2.15. The van der Waals surface area contributed by atoms with Gasteiger partial charge in [0.1, 0.15) is 17.9 Å². The number of hydrogen-bond donors (Lipinski definition) is 2. The van der Waals surface area contributed by atoms with Gasteiger partial charge in [-0.3, -0.25) is 4.79 Å². The summed E-state index contributed by atoms with van der Waals surface area (Å²) < 4.78 is 45.5. The van der Waals surface area contributed by atoms with Crippen molar-refractivity contribution in [3.8, 4) is 5.75 Å². The van der Waals surface area contributed by atoms with Gasteiger partial charge in [-0.15, -0.1) is 13.2 Å². The van der Waals surface area contributed by atoms with E-state index in [1.165, 1.54) is 25.1 Å². The maximum atomic E-state index is 12.3. The number of rotatable bonds is 4. The van der Waals surface area contributed by atoms with Crippen LogP contribution in [0.1, 0.15) is 12.5 Å². The number of halogens is 3. The zero-order valence-electron chi connectivity index (χ0n) is 11.4. The zero-order chi connectivity index (χ0) is 16.3. The fourth-order valence-corrected chi connectivity index (χ4v) is 1.96. The molecule has 1 heterocycles. The molecule has 0 aromatic heterocycles. The number of cyclic esters (lactones) is 1. The highest BCUT2D eigenvalue weighted by Crippen LogP contribution is 2.26. The van der Waals surface area contributed by atoms with Crippen molar-refractivity contribution in [2.24, 2.45) is 0 Å². The van der Waals surface area contributed by atoms with Crippen LogP contribution in [0.5, 0.6) is 5.75 Å². The fraction of sp³-hybridized carbons (Fsp3) is 0.385. The van der Waals surface area contributed by atoms with Crippen molar-refractivity contribution in [3.63, 3.8) is 0 Å². The first kappa shape index (κ1) is 15.9. The minimum atomic E-state index is -4.82. The van der Waals surface area contributed by atoms with E-state index in [4.69, 9.17) is 4.74 Å². The van der Waals surface area contributed by atoms with E-state index in [1.54, 1.807) is 0 Å².